The monoisotopic (exact) mass is 336 g/mol. The first-order valence-electron chi connectivity index (χ1n) is 6.24. The molecular formula is C14H13ClN4S2. The molecule has 2 heterocycles. The molecule has 0 atom stereocenters. The molecule has 108 valence electrons. The van der Waals surface area contributed by atoms with Gasteiger partial charge in [0.1, 0.15) is 5.82 Å². The first kappa shape index (κ1) is 14.4. The maximum absolute atomic E-state index is 5.88. The van der Waals surface area contributed by atoms with Crippen molar-refractivity contribution in [3.8, 4) is 0 Å². The Morgan fingerprint density at radius 2 is 2.24 bits per heavy atom. The third kappa shape index (κ3) is 3.23. The quantitative estimate of drug-likeness (QED) is 0.697. The molecule has 0 aliphatic heterocycles. The first-order valence-corrected chi connectivity index (χ1v) is 8.66. The highest BCUT2D eigenvalue weighted by molar-refractivity contribution is 8.00. The van der Waals surface area contributed by atoms with E-state index in [2.05, 4.69) is 27.4 Å². The van der Waals surface area contributed by atoms with Crippen LogP contribution in [0.15, 0.2) is 34.8 Å². The number of nitrogen functional groups attached to an aromatic ring is 1. The fourth-order valence-corrected chi connectivity index (χ4v) is 3.65. The van der Waals surface area contributed by atoms with Crippen LogP contribution in [-0.2, 0) is 6.54 Å². The Balaban J connectivity index is 1.78. The summed E-state index contributed by atoms with van der Waals surface area (Å²) in [7, 11) is 0. The first-order chi connectivity index (χ1) is 10.2. The summed E-state index contributed by atoms with van der Waals surface area (Å²) in [5, 5.41) is 3.76. The number of hydrogen-bond acceptors (Lipinski definition) is 6. The lowest BCUT2D eigenvalue weighted by molar-refractivity contribution is 1.12. The number of aromatic nitrogens is 2. The van der Waals surface area contributed by atoms with Crippen LogP contribution in [0.2, 0.25) is 5.02 Å². The van der Waals surface area contributed by atoms with Crippen molar-refractivity contribution in [3.63, 3.8) is 0 Å². The van der Waals surface area contributed by atoms with Gasteiger partial charge in [0.25, 0.3) is 0 Å². The third-order valence-electron chi connectivity index (χ3n) is 2.95. The molecule has 0 saturated carbocycles. The number of rotatable bonds is 4. The molecule has 4 nitrogen and oxygen atoms in total. The largest absolute Gasteiger partial charge is 0.396 e. The molecule has 0 aliphatic carbocycles. The number of hydrogen-bond donors (Lipinski definition) is 2. The molecule has 0 fully saturated rings. The molecule has 0 radical (unpaired) electrons. The molecule has 0 bridgehead atoms. The van der Waals surface area contributed by atoms with Crippen LogP contribution in [0.3, 0.4) is 0 Å². The minimum Gasteiger partial charge on any atom is -0.396 e. The van der Waals surface area contributed by atoms with Crippen molar-refractivity contribution < 1.29 is 0 Å². The van der Waals surface area contributed by atoms with Gasteiger partial charge in [0.15, 0.2) is 4.34 Å². The van der Waals surface area contributed by atoms with Crippen molar-refractivity contribution in [2.24, 2.45) is 0 Å². The maximum Gasteiger partial charge on any atom is 0.150 e. The molecule has 7 heteroatoms. The van der Waals surface area contributed by atoms with Crippen LogP contribution in [-0.4, -0.2) is 16.2 Å². The number of benzene rings is 1. The number of fused-ring (bicyclic) bond motifs is 1. The zero-order chi connectivity index (χ0) is 14.8. The van der Waals surface area contributed by atoms with Crippen molar-refractivity contribution in [1.82, 2.24) is 9.97 Å². The van der Waals surface area contributed by atoms with Crippen molar-refractivity contribution in [1.29, 1.82) is 0 Å². The fraction of sp³-hybridized carbons (Fsp3) is 0.143. The number of thiazole rings is 1. The second kappa shape index (κ2) is 6.09. The van der Waals surface area contributed by atoms with Gasteiger partial charge < -0.3 is 11.1 Å². The predicted molar refractivity (Wildman–Crippen MR) is 92.4 cm³/mol. The van der Waals surface area contributed by atoms with E-state index in [4.69, 9.17) is 17.3 Å². The summed E-state index contributed by atoms with van der Waals surface area (Å²) in [5.74, 6) is 0.647. The van der Waals surface area contributed by atoms with E-state index in [0.717, 1.165) is 15.4 Å². The van der Waals surface area contributed by atoms with Crippen LogP contribution < -0.4 is 11.1 Å². The molecule has 0 spiro atoms. The molecule has 1 aromatic carbocycles. The summed E-state index contributed by atoms with van der Waals surface area (Å²) in [6, 6.07) is 7.94. The molecule has 0 saturated heterocycles. The third-order valence-corrected chi connectivity index (χ3v) is 5.16. The molecule has 3 rings (SSSR count). The summed E-state index contributed by atoms with van der Waals surface area (Å²) < 4.78 is 2.27. The van der Waals surface area contributed by atoms with Gasteiger partial charge >= 0.3 is 0 Å². The molecular weight excluding hydrogens is 324 g/mol. The Kier molecular flexibility index (Phi) is 4.19. The SMILES string of the molecule is CSc1nc2ccc(CNc3ncc(Cl)cc3N)cc2s1. The van der Waals surface area contributed by atoms with Gasteiger partial charge in [-0.3, -0.25) is 0 Å². The van der Waals surface area contributed by atoms with Gasteiger partial charge in [0.2, 0.25) is 0 Å². The smallest absolute Gasteiger partial charge is 0.150 e. The van der Waals surface area contributed by atoms with E-state index in [-0.39, 0.29) is 0 Å². The molecule has 21 heavy (non-hydrogen) atoms. The topological polar surface area (TPSA) is 63.8 Å². The van der Waals surface area contributed by atoms with E-state index in [1.54, 1.807) is 35.4 Å². The minimum atomic E-state index is 0.536. The van der Waals surface area contributed by atoms with Crippen LogP contribution in [0.5, 0.6) is 0 Å². The van der Waals surface area contributed by atoms with E-state index in [9.17, 15) is 0 Å². The van der Waals surface area contributed by atoms with E-state index < -0.39 is 0 Å². The normalized spacial score (nSPS) is 11.0. The number of anilines is 2. The standard InChI is InChI=1S/C14H13ClN4S2/c1-20-14-19-11-3-2-8(4-12(11)21-14)6-17-13-10(16)5-9(15)7-18-13/h2-5,7H,6,16H2,1H3,(H,17,18). The second-order valence-corrected chi connectivity index (χ2v) is 6.95. The highest BCUT2D eigenvalue weighted by Crippen LogP contribution is 2.29. The van der Waals surface area contributed by atoms with Gasteiger partial charge in [-0.1, -0.05) is 29.4 Å². The van der Waals surface area contributed by atoms with Gasteiger partial charge in [-0.15, -0.1) is 11.3 Å². The lowest BCUT2D eigenvalue weighted by atomic mass is 10.2. The highest BCUT2D eigenvalue weighted by atomic mass is 35.5. The van der Waals surface area contributed by atoms with E-state index >= 15 is 0 Å². The Hall–Kier alpha value is -1.50. The van der Waals surface area contributed by atoms with Gasteiger partial charge in [0.05, 0.1) is 20.9 Å². The van der Waals surface area contributed by atoms with E-state index in [1.807, 2.05) is 12.3 Å². The van der Waals surface area contributed by atoms with Gasteiger partial charge in [-0.05, 0) is 30.0 Å². The summed E-state index contributed by atoms with van der Waals surface area (Å²) >= 11 is 9.21. The van der Waals surface area contributed by atoms with Crippen molar-refractivity contribution >= 4 is 56.4 Å². The molecule has 0 amide bonds. The van der Waals surface area contributed by atoms with Crippen LogP contribution in [0.1, 0.15) is 5.56 Å². The Bertz CT molecular complexity index is 788. The summed E-state index contributed by atoms with van der Waals surface area (Å²) in [6.45, 7) is 0.654. The second-order valence-electron chi connectivity index (χ2n) is 4.43. The van der Waals surface area contributed by atoms with Gasteiger partial charge in [0, 0.05) is 12.7 Å². The fourth-order valence-electron chi connectivity index (χ4n) is 1.93. The minimum absolute atomic E-state index is 0.536. The number of nitrogens with zero attached hydrogens (tertiary/aromatic N) is 2. The predicted octanol–water partition coefficient (Wildman–Crippen LogP) is 4.26. The van der Waals surface area contributed by atoms with Crippen LogP contribution in [0.4, 0.5) is 11.5 Å². The van der Waals surface area contributed by atoms with Crippen LogP contribution in [0.25, 0.3) is 10.2 Å². The number of thioether (sulfide) groups is 1. The lowest BCUT2D eigenvalue weighted by Crippen LogP contribution is -2.04. The van der Waals surface area contributed by atoms with Gasteiger partial charge in [-0.25, -0.2) is 9.97 Å². The average Bonchev–Trinajstić information content (AvgIpc) is 2.88. The van der Waals surface area contributed by atoms with Gasteiger partial charge in [-0.2, -0.15) is 0 Å². The molecule has 0 unspecified atom stereocenters. The molecule has 3 N–H and O–H groups in total. The average molecular weight is 337 g/mol. The Morgan fingerprint density at radius 1 is 1.38 bits per heavy atom. The zero-order valence-electron chi connectivity index (χ0n) is 11.3. The molecule has 2 aromatic heterocycles. The Morgan fingerprint density at radius 3 is 3.00 bits per heavy atom. The summed E-state index contributed by atoms with van der Waals surface area (Å²) in [6.07, 6.45) is 3.62. The molecule has 3 aromatic rings. The highest BCUT2D eigenvalue weighted by Gasteiger charge is 2.05. The summed E-state index contributed by atoms with van der Waals surface area (Å²) in [5.41, 5.74) is 8.63. The van der Waals surface area contributed by atoms with Crippen molar-refractivity contribution in [2.75, 3.05) is 17.3 Å². The maximum atomic E-state index is 5.88. The summed E-state index contributed by atoms with van der Waals surface area (Å²) in [4.78, 5) is 8.72. The van der Waals surface area contributed by atoms with Crippen molar-refractivity contribution in [3.05, 3.63) is 41.0 Å². The molecule has 0 aliphatic rings. The Labute approximate surface area is 135 Å². The zero-order valence-corrected chi connectivity index (χ0v) is 13.6. The number of nitrogens with one attached hydrogen (secondary N) is 1. The van der Waals surface area contributed by atoms with Crippen LogP contribution >= 0.6 is 34.7 Å². The van der Waals surface area contributed by atoms with Crippen LogP contribution in [0, 0.1) is 0 Å². The number of nitrogens with two attached hydrogens (primary N) is 1. The van der Waals surface area contributed by atoms with Crippen molar-refractivity contribution in [2.45, 2.75) is 10.9 Å². The lowest BCUT2D eigenvalue weighted by Gasteiger charge is -2.08. The van der Waals surface area contributed by atoms with E-state index in [0.29, 0.717) is 23.1 Å². The number of pyridine rings is 1. The number of halogens is 1. The van der Waals surface area contributed by atoms with E-state index in [1.165, 1.54) is 4.70 Å².